The largest absolute Gasteiger partial charge is 0.309 e. The minimum atomic E-state index is -3.43. The number of hydrogen-bond acceptors (Lipinski definition) is 4. The van der Waals surface area contributed by atoms with Crippen molar-refractivity contribution in [2.75, 3.05) is 5.75 Å². The summed E-state index contributed by atoms with van der Waals surface area (Å²) in [4.78, 5) is 5.10. The van der Waals surface area contributed by atoms with E-state index in [-0.39, 0.29) is 11.5 Å². The SMILES string of the molecule is CC1(c2cc(-c3ccccc3)nc(-c3ccccc3)c2)C=CC2=C(C1)c1ccc(-n3c4ccccc4c4cc(C#N)ccc43)cc1CS(=O)(=O)C2. The van der Waals surface area contributed by atoms with Crippen molar-refractivity contribution in [2.24, 2.45) is 0 Å². The molecular weight excluding hydrogens is 647 g/mol. The summed E-state index contributed by atoms with van der Waals surface area (Å²) < 4.78 is 29.6. The lowest BCUT2D eigenvalue weighted by Gasteiger charge is -2.33. The summed E-state index contributed by atoms with van der Waals surface area (Å²) in [7, 11) is -3.43. The Labute approximate surface area is 297 Å². The van der Waals surface area contributed by atoms with Gasteiger partial charge in [0.1, 0.15) is 0 Å². The number of fused-ring (bicyclic) bond motifs is 5. The van der Waals surface area contributed by atoms with Gasteiger partial charge in [0.25, 0.3) is 0 Å². The Bertz CT molecular complexity index is 2700. The molecule has 1 aliphatic heterocycles. The number of nitriles is 1. The van der Waals surface area contributed by atoms with Crippen LogP contribution in [0, 0.1) is 11.3 Å². The van der Waals surface area contributed by atoms with Crippen molar-refractivity contribution in [1.82, 2.24) is 9.55 Å². The molecule has 51 heavy (non-hydrogen) atoms. The molecule has 0 amide bonds. The van der Waals surface area contributed by atoms with Gasteiger partial charge in [-0.25, -0.2) is 13.4 Å². The number of hydrogen-bond donors (Lipinski definition) is 0. The van der Waals surface area contributed by atoms with Crippen LogP contribution in [0.1, 0.15) is 35.6 Å². The summed E-state index contributed by atoms with van der Waals surface area (Å²) in [6.45, 7) is 2.24. The van der Waals surface area contributed by atoms with Crippen LogP contribution in [0.25, 0.3) is 55.6 Å². The predicted molar refractivity (Wildman–Crippen MR) is 206 cm³/mol. The van der Waals surface area contributed by atoms with Crippen molar-refractivity contribution in [1.29, 1.82) is 5.26 Å². The zero-order chi connectivity index (χ0) is 34.7. The fraction of sp³-hybridized carbons (Fsp3) is 0.111. The van der Waals surface area contributed by atoms with Gasteiger partial charge in [0, 0.05) is 33.0 Å². The van der Waals surface area contributed by atoms with Crippen LogP contribution in [0.2, 0.25) is 0 Å². The van der Waals surface area contributed by atoms with E-state index in [1.54, 1.807) is 0 Å². The first kappa shape index (κ1) is 31.0. The summed E-state index contributed by atoms with van der Waals surface area (Å²) >= 11 is 0. The van der Waals surface area contributed by atoms with E-state index in [1.165, 1.54) is 0 Å². The second-order valence-electron chi connectivity index (χ2n) is 13.9. The first-order valence-electron chi connectivity index (χ1n) is 17.1. The highest BCUT2D eigenvalue weighted by atomic mass is 32.2. The molecule has 0 bridgehead atoms. The van der Waals surface area contributed by atoms with Crippen LogP contribution >= 0.6 is 0 Å². The molecule has 0 spiro atoms. The normalized spacial score (nSPS) is 17.9. The van der Waals surface area contributed by atoms with Crippen LogP contribution in [0.4, 0.5) is 0 Å². The standard InChI is InChI=1S/C45H33N3O2S/c1-45(35-24-41(31-10-4-2-5-11-31)47-42(25-35)32-12-6-3-7-13-32)21-20-33-28-51(49,50)29-34-23-36(17-18-37(34)40(33)26-45)48-43-15-9-8-14-38(43)39-22-30(27-46)16-19-44(39)48/h2-25H,26,28-29H2,1H3. The maximum absolute atomic E-state index is 13.7. The van der Waals surface area contributed by atoms with Gasteiger partial charge in [0.15, 0.2) is 9.84 Å². The van der Waals surface area contributed by atoms with Crippen molar-refractivity contribution in [3.05, 3.63) is 173 Å². The maximum atomic E-state index is 13.7. The smallest absolute Gasteiger partial charge is 0.158 e. The number of benzene rings is 5. The molecule has 0 saturated heterocycles. The van der Waals surface area contributed by atoms with Crippen LogP contribution in [0.15, 0.2) is 151 Å². The molecule has 5 aromatic carbocycles. The average Bonchev–Trinajstić information content (AvgIpc) is 3.44. The van der Waals surface area contributed by atoms with Gasteiger partial charge in [-0.1, -0.05) is 104 Å². The summed E-state index contributed by atoms with van der Waals surface area (Å²) in [5.41, 5.74) is 11.8. The number of para-hydroxylation sites is 1. The van der Waals surface area contributed by atoms with Gasteiger partial charge in [-0.3, -0.25) is 0 Å². The van der Waals surface area contributed by atoms with E-state index >= 15 is 0 Å². The fourth-order valence-corrected chi connectivity index (χ4v) is 9.44. The summed E-state index contributed by atoms with van der Waals surface area (Å²) in [5.74, 6) is -0.0267. The Morgan fingerprint density at radius 1 is 0.725 bits per heavy atom. The second-order valence-corrected chi connectivity index (χ2v) is 15.9. The molecule has 5 nitrogen and oxygen atoms in total. The second kappa shape index (κ2) is 11.8. The van der Waals surface area contributed by atoms with Crippen molar-refractivity contribution < 1.29 is 8.42 Å². The molecule has 246 valence electrons. The number of sulfone groups is 1. The Morgan fingerprint density at radius 3 is 2.10 bits per heavy atom. The third kappa shape index (κ3) is 5.38. The van der Waals surface area contributed by atoms with Crippen LogP contribution in [0.5, 0.6) is 0 Å². The molecule has 0 radical (unpaired) electrons. The number of allylic oxidation sites excluding steroid dienone is 3. The Hall–Kier alpha value is -6.03. The molecule has 0 N–H and O–H groups in total. The van der Waals surface area contributed by atoms with Crippen molar-refractivity contribution in [3.8, 4) is 34.3 Å². The van der Waals surface area contributed by atoms with Gasteiger partial charge in [-0.05, 0) is 82.8 Å². The lowest BCUT2D eigenvalue weighted by atomic mass is 9.71. The third-order valence-electron chi connectivity index (χ3n) is 10.4. The van der Waals surface area contributed by atoms with Crippen molar-refractivity contribution >= 4 is 37.2 Å². The van der Waals surface area contributed by atoms with E-state index in [0.29, 0.717) is 12.0 Å². The summed E-state index contributed by atoms with van der Waals surface area (Å²) in [6, 6.07) is 47.3. The van der Waals surface area contributed by atoms with Gasteiger partial charge in [0.05, 0.1) is 45.6 Å². The fourth-order valence-electron chi connectivity index (χ4n) is 7.88. The monoisotopic (exact) mass is 679 g/mol. The highest BCUT2D eigenvalue weighted by Crippen LogP contribution is 2.46. The van der Waals surface area contributed by atoms with Gasteiger partial charge >= 0.3 is 0 Å². The topological polar surface area (TPSA) is 75.8 Å². The molecule has 2 aliphatic rings. The first-order chi connectivity index (χ1) is 24.8. The van der Waals surface area contributed by atoms with E-state index in [4.69, 9.17) is 4.98 Å². The molecule has 6 heteroatoms. The molecule has 1 unspecified atom stereocenters. The minimum absolute atomic E-state index is 0.00607. The zero-order valence-electron chi connectivity index (χ0n) is 28.0. The molecule has 0 saturated carbocycles. The molecule has 9 rings (SSSR count). The highest BCUT2D eigenvalue weighted by Gasteiger charge is 2.35. The van der Waals surface area contributed by atoms with E-state index in [2.05, 4.69) is 90.4 Å². The first-order valence-corrected chi connectivity index (χ1v) is 18.9. The molecule has 1 aliphatic carbocycles. The molecule has 1 atom stereocenters. The highest BCUT2D eigenvalue weighted by molar-refractivity contribution is 7.90. The van der Waals surface area contributed by atoms with Crippen LogP contribution in [-0.4, -0.2) is 23.7 Å². The van der Waals surface area contributed by atoms with Gasteiger partial charge in [-0.2, -0.15) is 5.26 Å². The number of aromatic nitrogens is 2. The molecular formula is C45H33N3O2S. The molecule has 0 fully saturated rings. The maximum Gasteiger partial charge on any atom is 0.158 e. The number of pyridine rings is 1. The zero-order valence-corrected chi connectivity index (χ0v) is 28.9. The van der Waals surface area contributed by atoms with Crippen molar-refractivity contribution in [3.63, 3.8) is 0 Å². The Balaban J connectivity index is 1.18. The van der Waals surface area contributed by atoms with E-state index in [9.17, 15) is 13.7 Å². The van der Waals surface area contributed by atoms with Crippen LogP contribution in [0.3, 0.4) is 0 Å². The Morgan fingerprint density at radius 2 is 1.39 bits per heavy atom. The molecule has 2 aromatic heterocycles. The van der Waals surface area contributed by atoms with Gasteiger partial charge < -0.3 is 4.57 Å². The van der Waals surface area contributed by atoms with E-state index in [0.717, 1.165) is 77.8 Å². The average molecular weight is 680 g/mol. The van der Waals surface area contributed by atoms with Gasteiger partial charge in [-0.15, -0.1) is 0 Å². The third-order valence-corrected chi connectivity index (χ3v) is 11.9. The number of rotatable bonds is 4. The van der Waals surface area contributed by atoms with Crippen LogP contribution in [-0.2, 0) is 21.0 Å². The lowest BCUT2D eigenvalue weighted by Crippen LogP contribution is -2.24. The summed E-state index contributed by atoms with van der Waals surface area (Å²) in [6.07, 6.45) is 4.89. The van der Waals surface area contributed by atoms with Crippen molar-refractivity contribution in [2.45, 2.75) is 24.5 Å². The minimum Gasteiger partial charge on any atom is -0.309 e. The predicted octanol–water partition coefficient (Wildman–Crippen LogP) is 9.98. The van der Waals surface area contributed by atoms with E-state index < -0.39 is 15.3 Å². The molecule has 3 heterocycles. The molecule has 7 aromatic rings. The quantitative estimate of drug-likeness (QED) is 0.186. The van der Waals surface area contributed by atoms with Crippen LogP contribution < -0.4 is 0 Å². The number of nitrogens with zero attached hydrogens (tertiary/aromatic N) is 3. The Kier molecular flexibility index (Phi) is 7.17. The lowest BCUT2D eigenvalue weighted by molar-refractivity contribution is 0.596. The van der Waals surface area contributed by atoms with Gasteiger partial charge in [0.2, 0.25) is 0 Å². The summed E-state index contributed by atoms with van der Waals surface area (Å²) in [5, 5.41) is 11.7. The van der Waals surface area contributed by atoms with E-state index in [1.807, 2.05) is 72.8 Å².